The van der Waals surface area contributed by atoms with Crippen LogP contribution in [0.4, 0.5) is 27.6 Å². The Morgan fingerprint density at radius 1 is 0.850 bits per heavy atom. The summed E-state index contributed by atoms with van der Waals surface area (Å²) in [6.45, 7) is 0. The lowest BCUT2D eigenvalue weighted by atomic mass is 9.94. The van der Waals surface area contributed by atoms with E-state index in [9.17, 15) is 22.0 Å². The Balaban J connectivity index is 2.33. The van der Waals surface area contributed by atoms with Crippen LogP contribution in [0.1, 0.15) is 25.7 Å². The first-order valence-electron chi connectivity index (χ1n) is 6.28. The smallest absolute Gasteiger partial charge is 0.200 e. The largest absolute Gasteiger partial charge is 0.376 e. The van der Waals surface area contributed by atoms with E-state index < -0.39 is 34.8 Å². The normalized spacial score (nSPS) is 22.9. The van der Waals surface area contributed by atoms with E-state index in [2.05, 4.69) is 5.32 Å². The average molecular weight is 311 g/mol. The molecule has 1 aromatic carbocycles. The highest BCUT2D eigenvalue weighted by atomic mass is 32.2. The zero-order chi connectivity index (χ0) is 14.9. The van der Waals surface area contributed by atoms with E-state index in [1.807, 2.05) is 6.26 Å². The molecule has 7 heteroatoms. The molecule has 1 aromatic rings. The molecule has 0 aromatic heterocycles. The van der Waals surface area contributed by atoms with Gasteiger partial charge in [-0.15, -0.1) is 0 Å². The van der Waals surface area contributed by atoms with Crippen molar-refractivity contribution in [2.75, 3.05) is 11.6 Å². The van der Waals surface area contributed by atoms with E-state index in [1.54, 1.807) is 0 Å². The number of hydrogen-bond donors (Lipinski definition) is 1. The van der Waals surface area contributed by atoms with Crippen molar-refractivity contribution in [1.29, 1.82) is 0 Å². The maximum atomic E-state index is 13.6. The number of halogens is 5. The van der Waals surface area contributed by atoms with Gasteiger partial charge in [0, 0.05) is 11.3 Å². The van der Waals surface area contributed by atoms with E-state index in [4.69, 9.17) is 0 Å². The number of benzene rings is 1. The van der Waals surface area contributed by atoms with Gasteiger partial charge in [-0.3, -0.25) is 0 Å². The summed E-state index contributed by atoms with van der Waals surface area (Å²) in [6.07, 6.45) is 5.23. The molecule has 2 rings (SSSR count). The van der Waals surface area contributed by atoms with Crippen LogP contribution in [-0.4, -0.2) is 17.5 Å². The first-order chi connectivity index (χ1) is 9.47. The Morgan fingerprint density at radius 3 is 1.90 bits per heavy atom. The highest BCUT2D eigenvalue weighted by Crippen LogP contribution is 2.33. The molecule has 1 fully saturated rings. The third-order valence-electron chi connectivity index (χ3n) is 3.54. The molecular formula is C13H14F5NS. The molecule has 1 saturated carbocycles. The van der Waals surface area contributed by atoms with E-state index in [-0.39, 0.29) is 11.3 Å². The van der Waals surface area contributed by atoms with Crippen molar-refractivity contribution >= 4 is 17.4 Å². The lowest BCUT2D eigenvalue weighted by molar-refractivity contribution is 0.378. The van der Waals surface area contributed by atoms with Gasteiger partial charge in [0.2, 0.25) is 5.82 Å². The minimum Gasteiger partial charge on any atom is -0.376 e. The summed E-state index contributed by atoms with van der Waals surface area (Å²) in [5.41, 5.74) is -0.924. The summed E-state index contributed by atoms with van der Waals surface area (Å²) in [6, 6.07) is -0.299. The molecule has 0 amide bonds. The number of hydrogen-bond acceptors (Lipinski definition) is 2. The van der Waals surface area contributed by atoms with E-state index >= 15 is 0 Å². The Bertz CT molecular complexity index is 479. The van der Waals surface area contributed by atoms with Gasteiger partial charge in [0.05, 0.1) is 0 Å². The van der Waals surface area contributed by atoms with E-state index in [0.29, 0.717) is 6.42 Å². The zero-order valence-corrected chi connectivity index (χ0v) is 11.6. The molecule has 0 heterocycles. The predicted octanol–water partition coefficient (Wildman–Crippen LogP) is 4.47. The first-order valence-corrected chi connectivity index (χ1v) is 7.57. The van der Waals surface area contributed by atoms with Gasteiger partial charge in [-0.2, -0.15) is 11.8 Å². The zero-order valence-electron chi connectivity index (χ0n) is 10.8. The standard InChI is InChI=1S/C13H14F5NS/c1-20-7-5-3-2-4-6(7)19-13-11(17)9(15)8(14)10(16)12(13)18/h6-7,19H,2-5H2,1H3. The average Bonchev–Trinajstić information content (AvgIpc) is 2.48. The van der Waals surface area contributed by atoms with Crippen molar-refractivity contribution in [1.82, 2.24) is 0 Å². The number of nitrogens with one attached hydrogen (secondary N) is 1. The molecule has 2 unspecified atom stereocenters. The van der Waals surface area contributed by atoms with Crippen molar-refractivity contribution in [2.45, 2.75) is 37.0 Å². The molecular weight excluding hydrogens is 297 g/mol. The van der Waals surface area contributed by atoms with Gasteiger partial charge in [0.1, 0.15) is 5.69 Å². The lowest BCUT2D eigenvalue weighted by Gasteiger charge is -2.32. The van der Waals surface area contributed by atoms with Gasteiger partial charge in [0.25, 0.3) is 0 Å². The molecule has 0 saturated heterocycles. The topological polar surface area (TPSA) is 12.0 Å². The van der Waals surface area contributed by atoms with Crippen LogP contribution in [0, 0.1) is 29.1 Å². The second-order valence-electron chi connectivity index (χ2n) is 4.75. The summed E-state index contributed by atoms with van der Waals surface area (Å²) >= 11 is 1.53. The second kappa shape index (κ2) is 6.20. The molecule has 1 aliphatic carbocycles. The molecule has 0 radical (unpaired) electrons. The predicted molar refractivity (Wildman–Crippen MR) is 69.4 cm³/mol. The fourth-order valence-electron chi connectivity index (χ4n) is 2.46. The van der Waals surface area contributed by atoms with Crippen LogP contribution in [0.5, 0.6) is 0 Å². The Hall–Kier alpha value is -0.980. The minimum atomic E-state index is -2.13. The molecule has 20 heavy (non-hydrogen) atoms. The summed E-state index contributed by atoms with van der Waals surface area (Å²) in [4.78, 5) is 0. The van der Waals surface area contributed by atoms with Crippen molar-refractivity contribution in [2.24, 2.45) is 0 Å². The van der Waals surface area contributed by atoms with Crippen LogP contribution < -0.4 is 5.32 Å². The van der Waals surface area contributed by atoms with Gasteiger partial charge < -0.3 is 5.32 Å². The van der Waals surface area contributed by atoms with Gasteiger partial charge in [-0.05, 0) is 19.1 Å². The minimum absolute atomic E-state index is 0.0960. The quantitative estimate of drug-likeness (QED) is 0.502. The van der Waals surface area contributed by atoms with Gasteiger partial charge in [-0.1, -0.05) is 12.8 Å². The summed E-state index contributed by atoms with van der Waals surface area (Å²) in [5.74, 6) is -9.56. The van der Waals surface area contributed by atoms with Crippen LogP contribution in [0.2, 0.25) is 0 Å². The summed E-state index contributed by atoms with van der Waals surface area (Å²) in [7, 11) is 0. The Labute approximate surface area is 117 Å². The maximum Gasteiger partial charge on any atom is 0.200 e. The summed E-state index contributed by atoms with van der Waals surface area (Å²) in [5, 5.41) is 2.61. The molecule has 0 aliphatic heterocycles. The van der Waals surface area contributed by atoms with Gasteiger partial charge in [-0.25, -0.2) is 22.0 Å². The molecule has 2 atom stereocenters. The highest BCUT2D eigenvalue weighted by Gasteiger charge is 2.30. The third-order valence-corrected chi connectivity index (χ3v) is 4.71. The Kier molecular flexibility index (Phi) is 4.78. The van der Waals surface area contributed by atoms with Crippen molar-refractivity contribution in [3.05, 3.63) is 29.1 Å². The number of thioether (sulfide) groups is 1. The SMILES string of the molecule is CSC1CCCCC1Nc1c(F)c(F)c(F)c(F)c1F. The van der Waals surface area contributed by atoms with Crippen LogP contribution in [0.25, 0.3) is 0 Å². The molecule has 0 bridgehead atoms. The van der Waals surface area contributed by atoms with Crippen molar-refractivity contribution in [3.63, 3.8) is 0 Å². The van der Waals surface area contributed by atoms with E-state index in [1.165, 1.54) is 11.8 Å². The van der Waals surface area contributed by atoms with Crippen LogP contribution in [0.15, 0.2) is 0 Å². The highest BCUT2D eigenvalue weighted by molar-refractivity contribution is 7.99. The molecule has 1 nitrogen and oxygen atoms in total. The third kappa shape index (κ3) is 2.73. The van der Waals surface area contributed by atoms with Crippen LogP contribution in [-0.2, 0) is 0 Å². The van der Waals surface area contributed by atoms with Crippen LogP contribution >= 0.6 is 11.8 Å². The first kappa shape index (κ1) is 15.4. The fraction of sp³-hybridized carbons (Fsp3) is 0.538. The number of anilines is 1. The molecule has 0 spiro atoms. The van der Waals surface area contributed by atoms with E-state index in [0.717, 1.165) is 19.3 Å². The Morgan fingerprint density at radius 2 is 1.35 bits per heavy atom. The summed E-state index contributed by atoms with van der Waals surface area (Å²) < 4.78 is 66.4. The van der Waals surface area contributed by atoms with Crippen LogP contribution in [0.3, 0.4) is 0 Å². The van der Waals surface area contributed by atoms with Gasteiger partial charge >= 0.3 is 0 Å². The molecule has 112 valence electrons. The van der Waals surface area contributed by atoms with Crippen molar-refractivity contribution < 1.29 is 22.0 Å². The lowest BCUT2D eigenvalue weighted by Crippen LogP contribution is -2.35. The monoisotopic (exact) mass is 311 g/mol. The molecule has 1 aliphatic rings. The second-order valence-corrected chi connectivity index (χ2v) is 5.83. The molecule has 1 N–H and O–H groups in total. The van der Waals surface area contributed by atoms with Crippen molar-refractivity contribution in [3.8, 4) is 0 Å². The fourth-order valence-corrected chi connectivity index (χ4v) is 3.40. The maximum absolute atomic E-state index is 13.6. The number of rotatable bonds is 3. The van der Waals surface area contributed by atoms with Gasteiger partial charge in [0.15, 0.2) is 23.3 Å².